The SMILES string of the molecule is COc1cc([C@@H]2C(=O)N(C)C(=O)[C@]23CCC(=O)N3)c(Br)cc1Br. The third kappa shape index (κ3) is 2.30. The van der Waals surface area contributed by atoms with Gasteiger partial charge in [0.05, 0.1) is 17.5 Å². The summed E-state index contributed by atoms with van der Waals surface area (Å²) in [4.78, 5) is 38.2. The van der Waals surface area contributed by atoms with E-state index < -0.39 is 11.5 Å². The Kier molecular flexibility index (Phi) is 4.00. The van der Waals surface area contributed by atoms with Crippen molar-refractivity contribution < 1.29 is 19.1 Å². The minimum Gasteiger partial charge on any atom is -0.496 e. The van der Waals surface area contributed by atoms with Crippen LogP contribution in [0.2, 0.25) is 0 Å². The van der Waals surface area contributed by atoms with Crippen LogP contribution in [-0.2, 0) is 14.4 Å². The van der Waals surface area contributed by atoms with E-state index >= 15 is 0 Å². The Morgan fingerprint density at radius 3 is 2.52 bits per heavy atom. The summed E-state index contributed by atoms with van der Waals surface area (Å²) < 4.78 is 6.70. The molecule has 2 aliphatic heterocycles. The van der Waals surface area contributed by atoms with E-state index in [9.17, 15) is 14.4 Å². The van der Waals surface area contributed by atoms with E-state index in [1.165, 1.54) is 14.2 Å². The molecule has 2 atom stereocenters. The van der Waals surface area contributed by atoms with Crippen LogP contribution in [0.4, 0.5) is 0 Å². The number of rotatable bonds is 2. The highest BCUT2D eigenvalue weighted by Gasteiger charge is 2.62. The third-order valence-corrected chi connectivity index (χ3v) is 5.75. The maximum atomic E-state index is 12.7. The second kappa shape index (κ2) is 5.59. The molecule has 0 aromatic heterocycles. The van der Waals surface area contributed by atoms with Crippen molar-refractivity contribution in [2.45, 2.75) is 24.3 Å². The smallest absolute Gasteiger partial charge is 0.255 e. The Hall–Kier alpha value is -1.41. The molecule has 0 aliphatic carbocycles. The lowest BCUT2D eigenvalue weighted by Gasteiger charge is -2.27. The van der Waals surface area contributed by atoms with Gasteiger partial charge in [0.1, 0.15) is 11.3 Å². The summed E-state index contributed by atoms with van der Waals surface area (Å²) in [5, 5.41) is 2.74. The molecule has 2 fully saturated rings. The molecule has 23 heavy (non-hydrogen) atoms. The molecule has 3 amide bonds. The number of imide groups is 1. The van der Waals surface area contributed by atoms with E-state index in [0.29, 0.717) is 22.2 Å². The van der Waals surface area contributed by atoms with Gasteiger partial charge in [-0.1, -0.05) is 15.9 Å². The summed E-state index contributed by atoms with van der Waals surface area (Å²) in [5.74, 6) is -1.14. The Bertz CT molecular complexity index is 736. The third-order valence-electron chi connectivity index (χ3n) is 4.45. The zero-order valence-corrected chi connectivity index (χ0v) is 15.7. The molecule has 1 N–H and O–H groups in total. The number of ether oxygens (including phenoxy) is 1. The van der Waals surface area contributed by atoms with Gasteiger partial charge in [0.15, 0.2) is 0 Å². The summed E-state index contributed by atoms with van der Waals surface area (Å²) in [6.07, 6.45) is 0.533. The number of amides is 3. The summed E-state index contributed by atoms with van der Waals surface area (Å²) in [5.41, 5.74) is -0.584. The number of benzene rings is 1. The number of methoxy groups -OCH3 is 1. The molecule has 2 heterocycles. The number of nitrogens with one attached hydrogen (secondary N) is 1. The maximum Gasteiger partial charge on any atom is 0.255 e. The second-order valence-corrected chi connectivity index (χ2v) is 7.37. The van der Waals surface area contributed by atoms with Crippen LogP contribution in [0.5, 0.6) is 5.75 Å². The highest BCUT2D eigenvalue weighted by molar-refractivity contribution is 9.11. The predicted octanol–water partition coefficient (Wildman–Crippen LogP) is 1.95. The van der Waals surface area contributed by atoms with E-state index in [1.807, 2.05) is 0 Å². The fraction of sp³-hybridized carbons (Fsp3) is 0.400. The minimum absolute atomic E-state index is 0.216. The average Bonchev–Trinajstić information content (AvgIpc) is 2.97. The summed E-state index contributed by atoms with van der Waals surface area (Å²) in [7, 11) is 2.97. The molecular weight excluding hydrogens is 432 g/mol. The van der Waals surface area contributed by atoms with E-state index in [2.05, 4.69) is 37.2 Å². The molecule has 3 rings (SSSR count). The lowest BCUT2D eigenvalue weighted by atomic mass is 9.80. The quantitative estimate of drug-likeness (QED) is 0.706. The van der Waals surface area contributed by atoms with Crippen molar-refractivity contribution in [2.24, 2.45) is 0 Å². The Balaban J connectivity index is 2.19. The van der Waals surface area contributed by atoms with E-state index in [4.69, 9.17) is 4.74 Å². The normalized spacial score (nSPS) is 27.0. The molecule has 2 aliphatic rings. The second-order valence-electron chi connectivity index (χ2n) is 5.66. The number of likely N-dealkylation sites (tertiary alicyclic amines) is 1. The summed E-state index contributed by atoms with van der Waals surface area (Å²) in [6, 6.07) is 3.49. The fourth-order valence-electron chi connectivity index (χ4n) is 3.31. The number of hydrogen-bond donors (Lipinski definition) is 1. The standard InChI is InChI=1S/C15H14Br2N2O4/c1-19-13(21)12(15(14(19)22)4-3-11(20)18-15)7-5-10(23-2)9(17)6-8(7)16/h5-6,12H,3-4H2,1-2H3,(H,18,20)/t12-,15+/m1/s1. The zero-order chi connectivity index (χ0) is 16.9. The Morgan fingerprint density at radius 2 is 1.96 bits per heavy atom. The molecule has 0 radical (unpaired) electrons. The number of halogens is 2. The maximum absolute atomic E-state index is 12.7. The molecular formula is C15H14Br2N2O4. The van der Waals surface area contributed by atoms with Crippen LogP contribution >= 0.6 is 31.9 Å². The summed E-state index contributed by atoms with van der Waals surface area (Å²) in [6.45, 7) is 0. The number of likely N-dealkylation sites (N-methyl/N-ethyl adjacent to an activating group) is 1. The van der Waals surface area contributed by atoms with Crippen molar-refractivity contribution in [3.05, 3.63) is 26.6 Å². The lowest BCUT2D eigenvalue weighted by molar-refractivity contribution is -0.139. The van der Waals surface area contributed by atoms with Gasteiger partial charge in [0, 0.05) is 17.9 Å². The van der Waals surface area contributed by atoms with Gasteiger partial charge in [-0.3, -0.25) is 19.3 Å². The monoisotopic (exact) mass is 444 g/mol. The van der Waals surface area contributed by atoms with Crippen molar-refractivity contribution in [3.8, 4) is 5.75 Å². The van der Waals surface area contributed by atoms with Gasteiger partial charge in [-0.25, -0.2) is 0 Å². The van der Waals surface area contributed by atoms with E-state index in [-0.39, 0.29) is 24.1 Å². The van der Waals surface area contributed by atoms with E-state index in [1.54, 1.807) is 12.1 Å². The first kappa shape index (κ1) is 16.4. The first-order valence-electron chi connectivity index (χ1n) is 6.97. The Labute approximate surface area is 149 Å². The van der Waals surface area contributed by atoms with Crippen LogP contribution in [0, 0.1) is 0 Å². The molecule has 0 bridgehead atoms. The van der Waals surface area contributed by atoms with Gasteiger partial charge in [-0.05, 0) is 40.0 Å². The van der Waals surface area contributed by atoms with Crippen LogP contribution in [0.1, 0.15) is 24.3 Å². The van der Waals surface area contributed by atoms with Gasteiger partial charge < -0.3 is 10.1 Å². The molecule has 1 aromatic rings. The van der Waals surface area contributed by atoms with Crippen molar-refractivity contribution in [2.75, 3.05) is 14.2 Å². The number of carbonyl (C=O) groups excluding carboxylic acids is 3. The molecule has 2 saturated heterocycles. The van der Waals surface area contributed by atoms with Crippen molar-refractivity contribution in [1.29, 1.82) is 0 Å². The molecule has 1 aromatic carbocycles. The molecule has 8 heteroatoms. The van der Waals surface area contributed by atoms with Crippen LogP contribution in [0.3, 0.4) is 0 Å². The molecule has 0 saturated carbocycles. The largest absolute Gasteiger partial charge is 0.496 e. The van der Waals surface area contributed by atoms with Crippen molar-refractivity contribution >= 4 is 49.6 Å². The fourth-order valence-corrected chi connectivity index (χ4v) is 4.69. The highest BCUT2D eigenvalue weighted by Crippen LogP contribution is 2.47. The average molecular weight is 446 g/mol. The first-order valence-corrected chi connectivity index (χ1v) is 8.56. The molecule has 0 unspecified atom stereocenters. The van der Waals surface area contributed by atoms with Gasteiger partial charge in [0.2, 0.25) is 11.8 Å². The highest BCUT2D eigenvalue weighted by atomic mass is 79.9. The number of hydrogen-bond acceptors (Lipinski definition) is 4. The lowest BCUT2D eigenvalue weighted by Crippen LogP contribution is -2.51. The van der Waals surface area contributed by atoms with Crippen LogP contribution in [-0.4, -0.2) is 42.3 Å². The van der Waals surface area contributed by atoms with Crippen LogP contribution < -0.4 is 10.1 Å². The van der Waals surface area contributed by atoms with Gasteiger partial charge in [-0.15, -0.1) is 0 Å². The van der Waals surface area contributed by atoms with Gasteiger partial charge in [-0.2, -0.15) is 0 Å². The topological polar surface area (TPSA) is 75.7 Å². The zero-order valence-electron chi connectivity index (χ0n) is 12.5. The first-order chi connectivity index (χ1) is 10.8. The van der Waals surface area contributed by atoms with Crippen LogP contribution in [0.15, 0.2) is 21.1 Å². The number of carbonyl (C=O) groups is 3. The van der Waals surface area contributed by atoms with Crippen molar-refractivity contribution in [3.63, 3.8) is 0 Å². The van der Waals surface area contributed by atoms with Crippen LogP contribution in [0.25, 0.3) is 0 Å². The molecule has 122 valence electrons. The predicted molar refractivity (Wildman–Crippen MR) is 89.0 cm³/mol. The van der Waals surface area contributed by atoms with Crippen molar-refractivity contribution in [1.82, 2.24) is 10.2 Å². The number of nitrogens with zero attached hydrogens (tertiary/aromatic N) is 1. The molecule has 1 spiro atoms. The minimum atomic E-state index is -1.20. The molecule has 6 nitrogen and oxygen atoms in total. The van der Waals surface area contributed by atoms with E-state index in [0.717, 1.165) is 9.37 Å². The van der Waals surface area contributed by atoms with Gasteiger partial charge in [0.25, 0.3) is 5.91 Å². The Morgan fingerprint density at radius 1 is 1.26 bits per heavy atom. The van der Waals surface area contributed by atoms with Gasteiger partial charge >= 0.3 is 0 Å². The summed E-state index contributed by atoms with van der Waals surface area (Å²) >= 11 is 6.84.